The Hall–Kier alpha value is -2.86. The number of hydrogen-bond acceptors (Lipinski definition) is 5. The van der Waals surface area contributed by atoms with E-state index in [0.717, 1.165) is 16.7 Å². The maximum atomic E-state index is 12.9. The third-order valence-corrected chi connectivity index (χ3v) is 5.02. The van der Waals surface area contributed by atoms with Crippen LogP contribution in [-0.2, 0) is 32.0 Å². The van der Waals surface area contributed by atoms with Gasteiger partial charge in [-0.3, -0.25) is 9.69 Å². The van der Waals surface area contributed by atoms with Crippen molar-refractivity contribution >= 4 is 12.1 Å². The third-order valence-electron chi connectivity index (χ3n) is 5.02. The van der Waals surface area contributed by atoms with Crippen LogP contribution in [-0.4, -0.2) is 34.9 Å². The first kappa shape index (κ1) is 22.8. The summed E-state index contributed by atoms with van der Waals surface area (Å²) in [5, 5.41) is 0. The molecule has 0 bridgehead atoms. The summed E-state index contributed by atoms with van der Waals surface area (Å²) < 4.78 is 16.8. The summed E-state index contributed by atoms with van der Waals surface area (Å²) in [6.45, 7) is 9.83. The molecule has 1 aliphatic heterocycles. The van der Waals surface area contributed by atoms with Gasteiger partial charge >= 0.3 is 12.1 Å². The zero-order valence-electron chi connectivity index (χ0n) is 18.9. The lowest BCUT2D eigenvalue weighted by molar-refractivity contribution is -0.153. The van der Waals surface area contributed by atoms with E-state index in [9.17, 15) is 9.59 Å². The number of benzene rings is 2. The van der Waals surface area contributed by atoms with Crippen molar-refractivity contribution in [3.8, 4) is 0 Å². The van der Waals surface area contributed by atoms with Crippen LogP contribution in [0.1, 0.15) is 57.4 Å². The molecule has 31 heavy (non-hydrogen) atoms. The highest BCUT2D eigenvalue weighted by Gasteiger charge is 2.45. The third kappa shape index (κ3) is 6.07. The van der Waals surface area contributed by atoms with Crippen LogP contribution in [0.3, 0.4) is 0 Å². The van der Waals surface area contributed by atoms with Gasteiger partial charge in [0, 0.05) is 0 Å². The summed E-state index contributed by atoms with van der Waals surface area (Å²) in [7, 11) is 0. The molecule has 1 saturated heterocycles. The van der Waals surface area contributed by atoms with Crippen LogP contribution in [0.5, 0.6) is 0 Å². The maximum absolute atomic E-state index is 12.9. The Kier molecular flexibility index (Phi) is 6.70. The molecule has 2 aromatic carbocycles. The molecule has 6 heteroatoms. The van der Waals surface area contributed by atoms with Crippen LogP contribution >= 0.6 is 0 Å². The molecule has 1 fully saturated rings. The molecule has 2 aromatic rings. The molecule has 3 rings (SSSR count). The van der Waals surface area contributed by atoms with Crippen molar-refractivity contribution in [3.05, 3.63) is 71.3 Å². The lowest BCUT2D eigenvalue weighted by Crippen LogP contribution is -2.45. The number of carbonyl (C=O) groups excluding carboxylic acids is 2. The topological polar surface area (TPSA) is 65.1 Å². The Balaban J connectivity index is 1.68. The Labute approximate surface area is 184 Å². The summed E-state index contributed by atoms with van der Waals surface area (Å²) in [6, 6.07) is 16.9. The highest BCUT2D eigenvalue weighted by Crippen LogP contribution is 2.37. The van der Waals surface area contributed by atoms with Crippen molar-refractivity contribution in [1.29, 1.82) is 0 Å². The zero-order chi connectivity index (χ0) is 22.6. The van der Waals surface area contributed by atoms with Crippen LogP contribution in [0, 0.1) is 0 Å². The lowest BCUT2D eigenvalue weighted by atomic mass is 10.0. The fourth-order valence-electron chi connectivity index (χ4n) is 3.59. The molecular formula is C25H31NO5. The molecule has 6 nitrogen and oxygen atoms in total. The number of nitrogens with zero attached hydrogens (tertiary/aromatic N) is 1. The predicted molar refractivity (Wildman–Crippen MR) is 117 cm³/mol. The molecular weight excluding hydrogens is 394 g/mol. The van der Waals surface area contributed by atoms with Crippen molar-refractivity contribution in [1.82, 2.24) is 4.90 Å². The van der Waals surface area contributed by atoms with Gasteiger partial charge in [0.05, 0.1) is 19.1 Å². The van der Waals surface area contributed by atoms with Crippen LogP contribution in [0.15, 0.2) is 54.6 Å². The normalized spacial score (nSPS) is 18.0. The molecule has 1 atom stereocenters. The molecule has 0 N–H and O–H groups in total. The summed E-state index contributed by atoms with van der Waals surface area (Å²) >= 11 is 0. The number of hydrogen-bond donors (Lipinski definition) is 0. The fraction of sp³-hybridized carbons (Fsp3) is 0.440. The van der Waals surface area contributed by atoms with Gasteiger partial charge in [0.2, 0.25) is 0 Å². The van der Waals surface area contributed by atoms with Crippen LogP contribution in [0.25, 0.3) is 0 Å². The van der Waals surface area contributed by atoms with E-state index >= 15 is 0 Å². The highest BCUT2D eigenvalue weighted by molar-refractivity contribution is 5.73. The molecule has 0 radical (unpaired) electrons. The average molecular weight is 426 g/mol. The monoisotopic (exact) mass is 425 g/mol. The molecule has 1 aliphatic rings. The quantitative estimate of drug-likeness (QED) is 0.630. The van der Waals surface area contributed by atoms with Crippen molar-refractivity contribution in [3.63, 3.8) is 0 Å². The lowest BCUT2D eigenvalue weighted by Gasteiger charge is -2.33. The number of ether oxygens (including phenoxy) is 3. The average Bonchev–Trinajstić information content (AvgIpc) is 3.01. The summed E-state index contributed by atoms with van der Waals surface area (Å²) in [6.07, 6.45) is -0.221. The van der Waals surface area contributed by atoms with Gasteiger partial charge in [-0.1, -0.05) is 54.6 Å². The van der Waals surface area contributed by atoms with E-state index in [1.165, 1.54) is 0 Å². The molecule has 1 amide bonds. The predicted octanol–water partition coefficient (Wildman–Crippen LogP) is 5.02. The Morgan fingerprint density at radius 1 is 1.03 bits per heavy atom. The van der Waals surface area contributed by atoms with Gasteiger partial charge in [-0.05, 0) is 51.3 Å². The van der Waals surface area contributed by atoms with Gasteiger partial charge in [0.25, 0.3) is 0 Å². The first-order valence-corrected chi connectivity index (χ1v) is 10.5. The second-order valence-corrected chi connectivity index (χ2v) is 9.19. The minimum atomic E-state index is -0.784. The largest absolute Gasteiger partial charge is 0.460 e. The number of rotatable bonds is 5. The minimum absolute atomic E-state index is 0.201. The van der Waals surface area contributed by atoms with E-state index in [1.807, 2.05) is 89.2 Å². The van der Waals surface area contributed by atoms with Gasteiger partial charge in [0.1, 0.15) is 17.9 Å². The minimum Gasteiger partial charge on any atom is -0.460 e. The summed E-state index contributed by atoms with van der Waals surface area (Å²) in [5.74, 6) is -0.267. The molecule has 0 saturated carbocycles. The van der Waals surface area contributed by atoms with Crippen LogP contribution in [0.2, 0.25) is 0 Å². The molecule has 0 spiro atoms. The summed E-state index contributed by atoms with van der Waals surface area (Å²) in [5.41, 5.74) is 1.42. The molecule has 0 aromatic heterocycles. The Morgan fingerprint density at radius 2 is 1.68 bits per heavy atom. The zero-order valence-corrected chi connectivity index (χ0v) is 18.9. The van der Waals surface area contributed by atoms with Crippen LogP contribution in [0.4, 0.5) is 4.79 Å². The van der Waals surface area contributed by atoms with E-state index in [0.29, 0.717) is 6.61 Å². The molecule has 166 valence electrons. The summed E-state index contributed by atoms with van der Waals surface area (Å²) in [4.78, 5) is 26.6. The number of carbonyl (C=O) groups is 2. The maximum Gasteiger partial charge on any atom is 0.412 e. The van der Waals surface area contributed by atoms with Crippen LogP contribution < -0.4 is 0 Å². The molecule has 0 unspecified atom stereocenters. The fourth-order valence-corrected chi connectivity index (χ4v) is 3.59. The molecule has 1 heterocycles. The van der Waals surface area contributed by atoms with E-state index in [2.05, 4.69) is 0 Å². The van der Waals surface area contributed by atoms with E-state index in [4.69, 9.17) is 14.2 Å². The van der Waals surface area contributed by atoms with Crippen molar-refractivity contribution in [2.75, 3.05) is 6.61 Å². The van der Waals surface area contributed by atoms with E-state index < -0.39 is 17.4 Å². The Bertz CT molecular complexity index is 900. The Morgan fingerprint density at radius 3 is 2.29 bits per heavy atom. The SMILES string of the molecule is CC(C)(C)OC(=O)Cc1ccc([C@H]2COC(C)(C)N2C(=O)OCc2ccccc2)cc1. The van der Waals surface area contributed by atoms with Gasteiger partial charge in [-0.15, -0.1) is 0 Å². The van der Waals surface area contributed by atoms with E-state index in [1.54, 1.807) is 4.90 Å². The first-order chi connectivity index (χ1) is 14.5. The van der Waals surface area contributed by atoms with Gasteiger partial charge in [-0.2, -0.15) is 0 Å². The van der Waals surface area contributed by atoms with Crippen molar-refractivity contribution < 1.29 is 23.8 Å². The van der Waals surface area contributed by atoms with Crippen molar-refractivity contribution in [2.45, 2.75) is 65.0 Å². The van der Waals surface area contributed by atoms with Gasteiger partial charge in [0.15, 0.2) is 0 Å². The smallest absolute Gasteiger partial charge is 0.412 e. The standard InChI is InChI=1S/C25H31NO5/c1-24(2,3)31-22(27)15-18-11-13-20(14-12-18)21-17-30-25(4,5)26(21)23(28)29-16-19-9-7-6-8-10-19/h6-14,21H,15-17H2,1-5H3/t21-/m1/s1. The number of amides is 1. The van der Waals surface area contributed by atoms with Gasteiger partial charge < -0.3 is 14.2 Å². The second kappa shape index (κ2) is 9.10. The molecule has 0 aliphatic carbocycles. The highest BCUT2D eigenvalue weighted by atomic mass is 16.6. The first-order valence-electron chi connectivity index (χ1n) is 10.5. The van der Waals surface area contributed by atoms with Crippen molar-refractivity contribution in [2.24, 2.45) is 0 Å². The van der Waals surface area contributed by atoms with E-state index in [-0.39, 0.29) is 25.0 Å². The number of esters is 1. The van der Waals surface area contributed by atoms with Gasteiger partial charge in [-0.25, -0.2) is 4.79 Å². The second-order valence-electron chi connectivity index (χ2n) is 9.19.